The lowest BCUT2D eigenvalue weighted by Crippen LogP contribution is -2.29. The fourth-order valence-corrected chi connectivity index (χ4v) is 3.40. The van der Waals surface area contributed by atoms with Crippen LogP contribution in [0, 0.1) is 10.1 Å². The average molecular weight is 365 g/mol. The van der Waals surface area contributed by atoms with Crippen LogP contribution in [-0.2, 0) is 7.05 Å². The number of non-ortho nitro benzene ring substituents is 1. The molecule has 0 aliphatic carbocycles. The van der Waals surface area contributed by atoms with Crippen molar-refractivity contribution >= 4 is 11.6 Å². The molecule has 8 nitrogen and oxygen atoms in total. The third-order valence-corrected chi connectivity index (χ3v) is 4.81. The molecule has 0 N–H and O–H groups in total. The lowest BCUT2D eigenvalue weighted by atomic mass is 10.2. The van der Waals surface area contributed by atoms with Gasteiger partial charge >= 0.3 is 0 Å². The van der Waals surface area contributed by atoms with Gasteiger partial charge in [-0.3, -0.25) is 14.9 Å². The molecule has 3 heterocycles. The summed E-state index contributed by atoms with van der Waals surface area (Å²) in [4.78, 5) is 25.6. The summed E-state index contributed by atoms with van der Waals surface area (Å²) in [6, 6.07) is 11.8. The minimum Gasteiger partial charge on any atom is -0.349 e. The van der Waals surface area contributed by atoms with E-state index < -0.39 is 4.92 Å². The van der Waals surface area contributed by atoms with Crippen molar-refractivity contribution in [3.8, 4) is 17.1 Å². The quantitative estimate of drug-likeness (QED) is 0.525. The number of carbonyl (C=O) groups is 1. The molecule has 0 atom stereocenters. The van der Waals surface area contributed by atoms with Gasteiger partial charge in [-0.1, -0.05) is 6.07 Å². The number of nitro benzene ring substituents is 1. The van der Waals surface area contributed by atoms with E-state index in [1.165, 1.54) is 16.8 Å². The van der Waals surface area contributed by atoms with Crippen molar-refractivity contribution in [2.75, 3.05) is 13.1 Å². The van der Waals surface area contributed by atoms with Gasteiger partial charge in [0.05, 0.1) is 16.3 Å². The smallest absolute Gasteiger partial charge is 0.272 e. The van der Waals surface area contributed by atoms with Crippen LogP contribution in [0.25, 0.3) is 17.1 Å². The highest BCUT2D eigenvalue weighted by molar-refractivity contribution is 5.94. The number of benzene rings is 1. The van der Waals surface area contributed by atoms with E-state index in [0.29, 0.717) is 17.1 Å². The van der Waals surface area contributed by atoms with E-state index in [1.807, 2.05) is 29.9 Å². The van der Waals surface area contributed by atoms with Crippen molar-refractivity contribution in [1.82, 2.24) is 19.2 Å². The first-order valence-corrected chi connectivity index (χ1v) is 8.80. The lowest BCUT2D eigenvalue weighted by Gasteiger charge is -2.15. The van der Waals surface area contributed by atoms with Crippen LogP contribution in [0.1, 0.15) is 23.3 Å². The fraction of sp³-hybridized carbons (Fsp3) is 0.263. The van der Waals surface area contributed by atoms with Gasteiger partial charge < -0.3 is 9.47 Å². The first kappa shape index (κ1) is 17.0. The molecule has 27 heavy (non-hydrogen) atoms. The molecular weight excluding hydrogens is 346 g/mol. The number of carbonyl (C=O) groups excluding carboxylic acids is 1. The topological polar surface area (TPSA) is 86.2 Å². The Morgan fingerprint density at radius 1 is 1.15 bits per heavy atom. The summed E-state index contributed by atoms with van der Waals surface area (Å²) < 4.78 is 3.43. The number of likely N-dealkylation sites (tertiary alicyclic amines) is 1. The van der Waals surface area contributed by atoms with Gasteiger partial charge in [-0.25, -0.2) is 4.68 Å². The van der Waals surface area contributed by atoms with E-state index in [1.54, 1.807) is 23.1 Å². The number of nitro groups is 1. The van der Waals surface area contributed by atoms with Gasteiger partial charge in [0, 0.05) is 38.5 Å². The minimum atomic E-state index is -0.451. The highest BCUT2D eigenvalue weighted by Crippen LogP contribution is 2.25. The third-order valence-electron chi connectivity index (χ3n) is 4.81. The summed E-state index contributed by atoms with van der Waals surface area (Å²) in [5.74, 6) is -0.105. The highest BCUT2D eigenvalue weighted by Gasteiger charge is 2.25. The third kappa shape index (κ3) is 3.10. The van der Waals surface area contributed by atoms with E-state index in [-0.39, 0.29) is 11.6 Å². The van der Waals surface area contributed by atoms with Gasteiger partial charge in [0.2, 0.25) is 0 Å². The van der Waals surface area contributed by atoms with E-state index >= 15 is 0 Å². The minimum absolute atomic E-state index is 0.0389. The molecule has 4 rings (SSSR count). The maximum Gasteiger partial charge on any atom is 0.272 e. The van der Waals surface area contributed by atoms with Crippen LogP contribution in [0.2, 0.25) is 0 Å². The molecular formula is C19H19N5O3. The molecule has 0 bridgehead atoms. The normalized spacial score (nSPS) is 13.9. The molecule has 1 aromatic carbocycles. The summed E-state index contributed by atoms with van der Waals surface area (Å²) in [5.41, 5.74) is 2.38. The van der Waals surface area contributed by atoms with Crippen LogP contribution < -0.4 is 0 Å². The van der Waals surface area contributed by atoms with Crippen LogP contribution in [0.3, 0.4) is 0 Å². The molecule has 1 amide bonds. The van der Waals surface area contributed by atoms with E-state index in [2.05, 4.69) is 5.10 Å². The summed E-state index contributed by atoms with van der Waals surface area (Å²) in [5, 5.41) is 15.7. The number of aryl methyl sites for hydroxylation is 1. The fourth-order valence-electron chi connectivity index (χ4n) is 3.40. The van der Waals surface area contributed by atoms with Gasteiger partial charge in [0.25, 0.3) is 11.6 Å². The van der Waals surface area contributed by atoms with Crippen molar-refractivity contribution in [3.05, 3.63) is 64.5 Å². The zero-order valence-electron chi connectivity index (χ0n) is 14.9. The summed E-state index contributed by atoms with van der Waals surface area (Å²) in [6.07, 6.45) is 3.88. The summed E-state index contributed by atoms with van der Waals surface area (Å²) in [7, 11) is 1.91. The number of hydrogen-bond donors (Lipinski definition) is 0. The Kier molecular flexibility index (Phi) is 4.23. The van der Waals surface area contributed by atoms with E-state index in [9.17, 15) is 14.9 Å². The molecule has 8 heteroatoms. The number of aromatic nitrogens is 3. The van der Waals surface area contributed by atoms with Crippen molar-refractivity contribution < 1.29 is 9.72 Å². The van der Waals surface area contributed by atoms with Crippen LogP contribution >= 0.6 is 0 Å². The largest absolute Gasteiger partial charge is 0.349 e. The van der Waals surface area contributed by atoms with Crippen LogP contribution in [0.4, 0.5) is 5.69 Å². The lowest BCUT2D eigenvalue weighted by molar-refractivity contribution is -0.384. The Morgan fingerprint density at radius 2 is 1.93 bits per heavy atom. The van der Waals surface area contributed by atoms with Gasteiger partial charge in [0.15, 0.2) is 0 Å². The zero-order valence-corrected chi connectivity index (χ0v) is 14.9. The predicted octanol–water partition coefficient (Wildman–Crippen LogP) is 3.02. The average Bonchev–Trinajstić information content (AvgIpc) is 3.41. The SMILES string of the molecule is Cn1cccc1-c1cc(C(=O)N2CCCC2)n(-c2cccc([N+](=O)[O-])c2)n1. The molecule has 1 fully saturated rings. The van der Waals surface area contributed by atoms with Crippen molar-refractivity contribution in [2.24, 2.45) is 7.05 Å². The molecule has 1 aliphatic rings. The number of nitrogens with zero attached hydrogens (tertiary/aromatic N) is 5. The van der Waals surface area contributed by atoms with Gasteiger partial charge in [-0.05, 0) is 37.1 Å². The first-order valence-electron chi connectivity index (χ1n) is 8.80. The monoisotopic (exact) mass is 365 g/mol. The highest BCUT2D eigenvalue weighted by atomic mass is 16.6. The summed E-state index contributed by atoms with van der Waals surface area (Å²) >= 11 is 0. The maximum absolute atomic E-state index is 13.1. The van der Waals surface area contributed by atoms with Crippen LogP contribution in [-0.4, -0.2) is 43.2 Å². The molecule has 1 saturated heterocycles. The molecule has 2 aromatic heterocycles. The zero-order chi connectivity index (χ0) is 19.0. The second-order valence-electron chi connectivity index (χ2n) is 6.61. The van der Waals surface area contributed by atoms with Gasteiger partial charge in [-0.15, -0.1) is 0 Å². The first-order chi connectivity index (χ1) is 13.0. The molecule has 1 aliphatic heterocycles. The number of amides is 1. The predicted molar refractivity (Wildman–Crippen MR) is 99.8 cm³/mol. The van der Waals surface area contributed by atoms with E-state index in [0.717, 1.165) is 31.6 Å². The maximum atomic E-state index is 13.1. The van der Waals surface area contributed by atoms with Crippen molar-refractivity contribution in [1.29, 1.82) is 0 Å². The molecule has 0 spiro atoms. The van der Waals surface area contributed by atoms with Crippen LogP contribution in [0.5, 0.6) is 0 Å². The Morgan fingerprint density at radius 3 is 2.59 bits per heavy atom. The Hall–Kier alpha value is -3.42. The van der Waals surface area contributed by atoms with Crippen LogP contribution in [0.15, 0.2) is 48.7 Å². The Balaban J connectivity index is 1.84. The molecule has 3 aromatic rings. The Labute approximate surface area is 155 Å². The summed E-state index contributed by atoms with van der Waals surface area (Å²) in [6.45, 7) is 1.44. The van der Waals surface area contributed by atoms with Gasteiger partial charge in [-0.2, -0.15) is 5.10 Å². The van der Waals surface area contributed by atoms with E-state index in [4.69, 9.17) is 0 Å². The molecule has 0 unspecified atom stereocenters. The Bertz CT molecular complexity index is 1010. The number of hydrogen-bond acceptors (Lipinski definition) is 4. The second kappa shape index (κ2) is 6.71. The molecule has 138 valence electrons. The number of rotatable bonds is 4. The molecule has 0 saturated carbocycles. The van der Waals surface area contributed by atoms with Crippen molar-refractivity contribution in [2.45, 2.75) is 12.8 Å². The molecule has 0 radical (unpaired) electrons. The second-order valence-corrected chi connectivity index (χ2v) is 6.61. The van der Waals surface area contributed by atoms with Crippen molar-refractivity contribution in [3.63, 3.8) is 0 Å². The van der Waals surface area contributed by atoms with Gasteiger partial charge in [0.1, 0.15) is 11.4 Å². The standard InChI is InChI=1S/C19H19N5O3/c1-21-9-5-8-17(21)16-13-18(19(25)22-10-2-3-11-22)23(20-16)14-6-4-7-15(12-14)24(26)27/h4-9,12-13H,2-3,10-11H2,1H3.